The molecule has 2 aliphatic carbocycles. The molecule has 1 aromatic rings. The van der Waals surface area contributed by atoms with Crippen LogP contribution in [0.3, 0.4) is 0 Å². The molecule has 6 nitrogen and oxygen atoms in total. The number of nitrogens with one attached hydrogen (secondary N) is 1. The fourth-order valence-corrected chi connectivity index (χ4v) is 4.13. The second-order valence-electron chi connectivity index (χ2n) is 7.70. The number of amides is 4. The SMILES string of the molecule is O=C1NC2(CCCCC2)C(=O)N1CC(=O)N(Cc1ccccc1)C1CC1. The van der Waals surface area contributed by atoms with Gasteiger partial charge in [-0.25, -0.2) is 4.79 Å². The van der Waals surface area contributed by atoms with Crippen molar-refractivity contribution in [3.8, 4) is 0 Å². The molecule has 1 N–H and O–H groups in total. The molecule has 138 valence electrons. The van der Waals surface area contributed by atoms with Crippen LogP contribution in [-0.2, 0) is 16.1 Å². The molecule has 2 saturated carbocycles. The quantitative estimate of drug-likeness (QED) is 0.825. The van der Waals surface area contributed by atoms with Crippen molar-refractivity contribution in [2.45, 2.75) is 63.1 Å². The molecule has 1 spiro atoms. The maximum atomic E-state index is 12.9. The third-order valence-corrected chi connectivity index (χ3v) is 5.75. The summed E-state index contributed by atoms with van der Waals surface area (Å²) in [5, 5.41) is 2.87. The van der Waals surface area contributed by atoms with Gasteiger partial charge in [-0.3, -0.25) is 14.5 Å². The second-order valence-corrected chi connectivity index (χ2v) is 7.70. The van der Waals surface area contributed by atoms with Crippen LogP contribution in [-0.4, -0.2) is 45.8 Å². The van der Waals surface area contributed by atoms with Gasteiger partial charge in [-0.2, -0.15) is 0 Å². The highest BCUT2D eigenvalue weighted by Crippen LogP contribution is 2.34. The molecule has 4 rings (SSSR count). The second kappa shape index (κ2) is 6.74. The van der Waals surface area contributed by atoms with Gasteiger partial charge >= 0.3 is 6.03 Å². The first-order valence-electron chi connectivity index (χ1n) is 9.57. The van der Waals surface area contributed by atoms with Gasteiger partial charge in [0.05, 0.1) is 0 Å². The normalized spacial score (nSPS) is 21.8. The first-order chi connectivity index (χ1) is 12.6. The van der Waals surface area contributed by atoms with Crippen LogP contribution in [0.2, 0.25) is 0 Å². The fourth-order valence-electron chi connectivity index (χ4n) is 4.13. The van der Waals surface area contributed by atoms with Crippen LogP contribution in [0, 0.1) is 0 Å². The Morgan fingerprint density at radius 2 is 1.81 bits per heavy atom. The van der Waals surface area contributed by atoms with E-state index >= 15 is 0 Å². The highest BCUT2D eigenvalue weighted by atomic mass is 16.2. The Hall–Kier alpha value is -2.37. The van der Waals surface area contributed by atoms with Gasteiger partial charge in [-0.15, -0.1) is 0 Å². The van der Waals surface area contributed by atoms with E-state index in [1.165, 1.54) is 0 Å². The summed E-state index contributed by atoms with van der Waals surface area (Å²) in [5.41, 5.74) is 0.299. The summed E-state index contributed by atoms with van der Waals surface area (Å²) in [7, 11) is 0. The van der Waals surface area contributed by atoms with Crippen LogP contribution in [0.4, 0.5) is 4.79 Å². The van der Waals surface area contributed by atoms with Crippen molar-refractivity contribution in [3.63, 3.8) is 0 Å². The number of imide groups is 1. The molecule has 0 atom stereocenters. The van der Waals surface area contributed by atoms with Gasteiger partial charge < -0.3 is 10.2 Å². The first kappa shape index (κ1) is 17.1. The molecule has 6 heteroatoms. The van der Waals surface area contributed by atoms with Crippen molar-refractivity contribution in [2.75, 3.05) is 6.54 Å². The Morgan fingerprint density at radius 1 is 1.12 bits per heavy atom. The van der Waals surface area contributed by atoms with Gasteiger partial charge in [-0.05, 0) is 31.2 Å². The lowest BCUT2D eigenvalue weighted by Crippen LogP contribution is -2.49. The number of carbonyl (C=O) groups excluding carboxylic acids is 3. The molecule has 1 saturated heterocycles. The number of rotatable bonds is 5. The Kier molecular flexibility index (Phi) is 4.42. The van der Waals surface area contributed by atoms with E-state index in [1.54, 1.807) is 0 Å². The lowest BCUT2D eigenvalue weighted by molar-refractivity contribution is -0.140. The summed E-state index contributed by atoms with van der Waals surface area (Å²) in [5.74, 6) is -0.362. The smallest absolute Gasteiger partial charge is 0.325 e. The summed E-state index contributed by atoms with van der Waals surface area (Å²) in [6.07, 6.45) is 6.31. The number of carbonyl (C=O) groups is 3. The molecule has 0 radical (unpaired) electrons. The third kappa shape index (κ3) is 3.20. The summed E-state index contributed by atoms with van der Waals surface area (Å²) >= 11 is 0. The van der Waals surface area contributed by atoms with Gasteiger partial charge in [0.25, 0.3) is 5.91 Å². The van der Waals surface area contributed by atoms with Gasteiger partial charge in [-0.1, -0.05) is 49.6 Å². The Labute approximate surface area is 153 Å². The van der Waals surface area contributed by atoms with E-state index < -0.39 is 11.6 Å². The molecule has 3 fully saturated rings. The number of nitrogens with zero attached hydrogens (tertiary/aromatic N) is 2. The Bertz CT molecular complexity index is 708. The number of benzene rings is 1. The Morgan fingerprint density at radius 3 is 2.46 bits per heavy atom. The summed E-state index contributed by atoms with van der Waals surface area (Å²) in [6.45, 7) is 0.370. The van der Waals surface area contributed by atoms with Gasteiger partial charge in [0.1, 0.15) is 12.1 Å². The van der Waals surface area contributed by atoms with Crippen molar-refractivity contribution in [1.82, 2.24) is 15.1 Å². The Balaban J connectivity index is 1.46. The summed E-state index contributed by atoms with van der Waals surface area (Å²) in [6, 6.07) is 9.65. The topological polar surface area (TPSA) is 69.7 Å². The zero-order valence-corrected chi connectivity index (χ0v) is 14.9. The van der Waals surface area contributed by atoms with Crippen molar-refractivity contribution in [3.05, 3.63) is 35.9 Å². The largest absolute Gasteiger partial charge is 0.334 e. The number of hydrogen-bond acceptors (Lipinski definition) is 3. The van der Waals surface area contributed by atoms with E-state index in [1.807, 2.05) is 35.2 Å². The highest BCUT2D eigenvalue weighted by Gasteiger charge is 2.52. The first-order valence-corrected chi connectivity index (χ1v) is 9.57. The molecule has 4 amide bonds. The van der Waals surface area contributed by atoms with Gasteiger partial charge in [0.2, 0.25) is 5.91 Å². The van der Waals surface area contributed by atoms with Gasteiger partial charge in [0.15, 0.2) is 0 Å². The molecular weight excluding hydrogens is 330 g/mol. The van der Waals surface area contributed by atoms with E-state index in [0.29, 0.717) is 19.4 Å². The lowest BCUT2D eigenvalue weighted by Gasteiger charge is -2.30. The standard InChI is InChI=1S/C20H25N3O3/c24-17(22(16-9-10-16)13-15-7-3-1-4-8-15)14-23-18(25)20(21-19(23)26)11-5-2-6-12-20/h1,3-4,7-8,16H,2,5-6,9-14H2,(H,21,26). The van der Waals surface area contributed by atoms with E-state index in [2.05, 4.69) is 5.32 Å². The maximum absolute atomic E-state index is 12.9. The summed E-state index contributed by atoms with van der Waals surface area (Å²) in [4.78, 5) is 41.1. The minimum atomic E-state index is -0.764. The van der Waals surface area contributed by atoms with Crippen LogP contribution in [0.5, 0.6) is 0 Å². The van der Waals surface area contributed by atoms with Crippen LogP contribution < -0.4 is 5.32 Å². The fraction of sp³-hybridized carbons (Fsp3) is 0.550. The molecule has 0 unspecified atom stereocenters. The average molecular weight is 355 g/mol. The van der Waals surface area contributed by atoms with E-state index in [4.69, 9.17) is 0 Å². The van der Waals surface area contributed by atoms with Crippen LogP contribution in [0.1, 0.15) is 50.5 Å². The van der Waals surface area contributed by atoms with Gasteiger partial charge in [0, 0.05) is 12.6 Å². The predicted molar refractivity (Wildman–Crippen MR) is 96.1 cm³/mol. The van der Waals surface area contributed by atoms with Crippen LogP contribution >= 0.6 is 0 Å². The molecule has 3 aliphatic rings. The minimum Gasteiger partial charge on any atom is -0.334 e. The molecule has 0 bridgehead atoms. The molecular formula is C20H25N3O3. The molecule has 0 aromatic heterocycles. The number of urea groups is 1. The lowest BCUT2D eigenvalue weighted by atomic mass is 9.82. The molecule has 1 aromatic carbocycles. The minimum absolute atomic E-state index is 0.146. The van der Waals surface area contributed by atoms with E-state index in [0.717, 1.165) is 42.6 Å². The predicted octanol–water partition coefficient (Wildman–Crippen LogP) is 2.43. The maximum Gasteiger partial charge on any atom is 0.325 e. The van der Waals surface area contributed by atoms with Crippen molar-refractivity contribution < 1.29 is 14.4 Å². The zero-order chi connectivity index (χ0) is 18.1. The van der Waals surface area contributed by atoms with Crippen LogP contribution in [0.15, 0.2) is 30.3 Å². The molecule has 1 aliphatic heterocycles. The van der Waals surface area contributed by atoms with Crippen molar-refractivity contribution >= 4 is 17.8 Å². The average Bonchev–Trinajstić information content (AvgIpc) is 3.47. The summed E-state index contributed by atoms with van der Waals surface area (Å²) < 4.78 is 0. The van der Waals surface area contributed by atoms with Crippen molar-refractivity contribution in [1.29, 1.82) is 0 Å². The van der Waals surface area contributed by atoms with E-state index in [9.17, 15) is 14.4 Å². The molecule has 1 heterocycles. The number of hydrogen-bond donors (Lipinski definition) is 1. The molecule has 26 heavy (non-hydrogen) atoms. The third-order valence-electron chi connectivity index (χ3n) is 5.75. The highest BCUT2D eigenvalue weighted by molar-refractivity contribution is 6.09. The van der Waals surface area contributed by atoms with Crippen LogP contribution in [0.25, 0.3) is 0 Å². The zero-order valence-electron chi connectivity index (χ0n) is 14.9. The monoisotopic (exact) mass is 355 g/mol. The van der Waals surface area contributed by atoms with E-state index in [-0.39, 0.29) is 24.4 Å². The van der Waals surface area contributed by atoms with Crippen molar-refractivity contribution in [2.24, 2.45) is 0 Å².